The number of benzene rings is 1. The van der Waals surface area contributed by atoms with Gasteiger partial charge >= 0.3 is 5.97 Å². The van der Waals surface area contributed by atoms with Gasteiger partial charge in [-0.15, -0.1) is 0 Å². The van der Waals surface area contributed by atoms with Crippen LogP contribution in [0.5, 0.6) is 0 Å². The topological polar surface area (TPSA) is 77.9 Å². The van der Waals surface area contributed by atoms with E-state index in [9.17, 15) is 18.8 Å². The summed E-state index contributed by atoms with van der Waals surface area (Å²) in [6.45, 7) is -1.11. The summed E-state index contributed by atoms with van der Waals surface area (Å²) in [7, 11) is 0. The molecule has 0 spiro atoms. The van der Waals surface area contributed by atoms with Gasteiger partial charge < -0.3 is 10.0 Å². The van der Waals surface area contributed by atoms with E-state index in [0.29, 0.717) is 4.90 Å². The quantitative estimate of drug-likeness (QED) is 0.784. The van der Waals surface area contributed by atoms with Gasteiger partial charge in [0.25, 0.3) is 0 Å². The molecule has 1 N–H and O–H groups in total. The van der Waals surface area contributed by atoms with Crippen LogP contribution in [0.1, 0.15) is 0 Å². The van der Waals surface area contributed by atoms with Gasteiger partial charge in [0, 0.05) is 0 Å². The Hall–Kier alpha value is -2.44. The van der Waals surface area contributed by atoms with Gasteiger partial charge in [-0.25, -0.2) is 4.39 Å². The first-order valence-electron chi connectivity index (χ1n) is 5.53. The molecule has 0 saturated carbocycles. The maximum Gasteiger partial charge on any atom is 0.323 e. The van der Waals surface area contributed by atoms with Gasteiger partial charge in [0.1, 0.15) is 12.4 Å². The lowest BCUT2D eigenvalue weighted by atomic mass is 10.2. The van der Waals surface area contributed by atoms with Crippen LogP contribution in [0.15, 0.2) is 24.3 Å². The normalized spacial score (nSPS) is 15.8. The number of amides is 2. The third-order valence-electron chi connectivity index (χ3n) is 2.74. The second kappa shape index (κ2) is 5.05. The van der Waals surface area contributed by atoms with Gasteiger partial charge in [-0.1, -0.05) is 12.1 Å². The molecule has 1 aromatic rings. The van der Waals surface area contributed by atoms with Crippen LogP contribution < -0.4 is 4.90 Å². The van der Waals surface area contributed by atoms with Crippen molar-refractivity contribution in [2.45, 2.75) is 0 Å². The van der Waals surface area contributed by atoms with Crippen LogP contribution >= 0.6 is 0 Å². The van der Waals surface area contributed by atoms with Gasteiger partial charge in [0.05, 0.1) is 18.8 Å². The number of para-hydroxylation sites is 1. The number of anilines is 1. The number of carbonyl (C=O) groups is 3. The summed E-state index contributed by atoms with van der Waals surface area (Å²) >= 11 is 0. The van der Waals surface area contributed by atoms with Crippen molar-refractivity contribution in [2.24, 2.45) is 0 Å². The molecular weight excluding hydrogens is 255 g/mol. The van der Waals surface area contributed by atoms with E-state index in [1.54, 1.807) is 6.07 Å². The standard InChI is InChI=1S/C12H11FN2O4/c13-8-3-1-2-4-9(8)14-5-10(16)15(7-12(18)19)11(17)6-14/h1-4H,5-7H2,(H,18,19). The smallest absolute Gasteiger partial charge is 0.323 e. The average Bonchev–Trinajstić information content (AvgIpc) is 2.34. The second-order valence-corrected chi connectivity index (χ2v) is 4.07. The summed E-state index contributed by atoms with van der Waals surface area (Å²) in [6, 6.07) is 5.79. The molecule has 1 aromatic carbocycles. The van der Waals surface area contributed by atoms with Crippen LogP contribution in [-0.4, -0.2) is 47.4 Å². The second-order valence-electron chi connectivity index (χ2n) is 4.07. The van der Waals surface area contributed by atoms with Gasteiger partial charge in [-0.05, 0) is 12.1 Å². The van der Waals surface area contributed by atoms with Crippen LogP contribution in [0, 0.1) is 5.82 Å². The molecular formula is C12H11FN2O4. The number of aliphatic carboxylic acids is 1. The molecule has 1 fully saturated rings. The summed E-state index contributed by atoms with van der Waals surface area (Å²) in [6.07, 6.45) is 0. The van der Waals surface area contributed by atoms with E-state index in [0.717, 1.165) is 0 Å². The molecule has 0 atom stereocenters. The van der Waals surface area contributed by atoms with E-state index in [2.05, 4.69) is 0 Å². The van der Waals surface area contributed by atoms with Gasteiger partial charge in [0.2, 0.25) is 11.8 Å². The van der Waals surface area contributed by atoms with E-state index in [4.69, 9.17) is 5.11 Å². The van der Waals surface area contributed by atoms with Crippen LogP contribution in [0.4, 0.5) is 10.1 Å². The molecule has 6 nitrogen and oxygen atoms in total. The van der Waals surface area contributed by atoms with Gasteiger partial charge in [-0.3, -0.25) is 19.3 Å². The third kappa shape index (κ3) is 2.70. The molecule has 2 rings (SSSR count). The first-order chi connectivity index (χ1) is 8.99. The maximum atomic E-state index is 13.6. The minimum Gasteiger partial charge on any atom is -0.480 e. The Kier molecular flexibility index (Phi) is 3.46. The summed E-state index contributed by atoms with van der Waals surface area (Å²) in [4.78, 5) is 35.9. The van der Waals surface area contributed by atoms with Crippen molar-refractivity contribution >= 4 is 23.5 Å². The molecule has 0 aromatic heterocycles. The number of rotatable bonds is 3. The maximum absolute atomic E-state index is 13.6. The molecule has 100 valence electrons. The zero-order valence-electron chi connectivity index (χ0n) is 9.88. The van der Waals surface area contributed by atoms with Crippen molar-refractivity contribution in [2.75, 3.05) is 24.5 Å². The van der Waals surface area contributed by atoms with Crippen LogP contribution in [0.2, 0.25) is 0 Å². The molecule has 1 saturated heterocycles. The predicted molar refractivity (Wildman–Crippen MR) is 63.0 cm³/mol. The van der Waals surface area contributed by atoms with Crippen molar-refractivity contribution in [3.63, 3.8) is 0 Å². The number of carboxylic acid groups (broad SMARTS) is 1. The summed E-state index contributed by atoms with van der Waals surface area (Å²) in [5.74, 6) is -3.10. The molecule has 1 aliphatic heterocycles. The Bertz CT molecular complexity index is 528. The van der Waals surface area contributed by atoms with Crippen molar-refractivity contribution in [1.82, 2.24) is 4.90 Å². The zero-order valence-corrected chi connectivity index (χ0v) is 9.88. The Morgan fingerprint density at radius 3 is 2.32 bits per heavy atom. The van der Waals surface area contributed by atoms with E-state index in [-0.39, 0.29) is 18.8 Å². The fraction of sp³-hybridized carbons (Fsp3) is 0.250. The lowest BCUT2D eigenvalue weighted by molar-refractivity contribution is -0.153. The first kappa shape index (κ1) is 13.0. The van der Waals surface area contributed by atoms with E-state index < -0.39 is 30.1 Å². The SMILES string of the molecule is O=C(O)CN1C(=O)CN(c2ccccc2F)CC1=O. The third-order valence-corrected chi connectivity index (χ3v) is 2.74. The number of piperazine rings is 1. The highest BCUT2D eigenvalue weighted by atomic mass is 19.1. The largest absolute Gasteiger partial charge is 0.480 e. The monoisotopic (exact) mass is 266 g/mol. The first-order valence-corrected chi connectivity index (χ1v) is 5.53. The fourth-order valence-corrected chi connectivity index (χ4v) is 1.88. The average molecular weight is 266 g/mol. The summed E-state index contributed by atoms with van der Waals surface area (Å²) in [5, 5.41) is 8.61. The lowest BCUT2D eigenvalue weighted by Crippen LogP contribution is -2.55. The lowest BCUT2D eigenvalue weighted by Gasteiger charge is -2.33. The molecule has 0 radical (unpaired) electrons. The Balaban J connectivity index is 2.18. The number of hydrogen-bond donors (Lipinski definition) is 1. The Labute approximate surface area is 108 Å². The van der Waals surface area contributed by atoms with Crippen molar-refractivity contribution in [3.8, 4) is 0 Å². The van der Waals surface area contributed by atoms with Crippen molar-refractivity contribution < 1.29 is 23.9 Å². The number of nitrogens with zero attached hydrogens (tertiary/aromatic N) is 2. The molecule has 1 aliphatic rings. The van der Waals surface area contributed by atoms with Gasteiger partial charge in [0.15, 0.2) is 0 Å². The number of carboxylic acids is 1. The number of imide groups is 1. The molecule has 0 bridgehead atoms. The fourth-order valence-electron chi connectivity index (χ4n) is 1.88. The summed E-state index contributed by atoms with van der Waals surface area (Å²) in [5.41, 5.74) is 0.152. The highest BCUT2D eigenvalue weighted by molar-refractivity contribution is 6.04. The van der Waals surface area contributed by atoms with E-state index >= 15 is 0 Å². The van der Waals surface area contributed by atoms with Crippen molar-refractivity contribution in [3.05, 3.63) is 30.1 Å². The minimum absolute atomic E-state index is 0.152. The van der Waals surface area contributed by atoms with Crippen LogP contribution in [0.3, 0.4) is 0 Å². The number of hydrogen-bond acceptors (Lipinski definition) is 4. The number of halogens is 1. The molecule has 0 aliphatic carbocycles. The number of carbonyl (C=O) groups excluding carboxylic acids is 2. The predicted octanol–water partition coefficient (Wildman–Crippen LogP) is 0.0855. The van der Waals surface area contributed by atoms with Crippen LogP contribution in [-0.2, 0) is 14.4 Å². The molecule has 19 heavy (non-hydrogen) atoms. The Morgan fingerprint density at radius 2 is 1.79 bits per heavy atom. The molecule has 0 unspecified atom stereocenters. The highest BCUT2D eigenvalue weighted by Crippen LogP contribution is 2.20. The molecule has 2 amide bonds. The van der Waals surface area contributed by atoms with Gasteiger partial charge in [-0.2, -0.15) is 0 Å². The van der Waals surface area contributed by atoms with E-state index in [1.807, 2.05) is 0 Å². The molecule has 1 heterocycles. The summed E-state index contributed by atoms with van der Waals surface area (Å²) < 4.78 is 13.6. The molecule has 7 heteroatoms. The minimum atomic E-state index is -1.26. The van der Waals surface area contributed by atoms with Crippen LogP contribution in [0.25, 0.3) is 0 Å². The van der Waals surface area contributed by atoms with E-state index in [1.165, 1.54) is 23.1 Å². The van der Waals surface area contributed by atoms with Crippen molar-refractivity contribution in [1.29, 1.82) is 0 Å². The highest BCUT2D eigenvalue weighted by Gasteiger charge is 2.33. The zero-order chi connectivity index (χ0) is 14.0. The Morgan fingerprint density at radius 1 is 1.21 bits per heavy atom.